The number of carbonyl (C=O) groups is 2. The van der Waals surface area contributed by atoms with Gasteiger partial charge in [0.1, 0.15) is 12.6 Å². The molecule has 0 radical (unpaired) electrons. The smallest absolute Gasteiger partial charge is 0.271 e. The summed E-state index contributed by atoms with van der Waals surface area (Å²) in [4.78, 5) is 38.3. The number of benzene rings is 2. The summed E-state index contributed by atoms with van der Waals surface area (Å²) in [5.41, 5.74) is 0.720. The second kappa shape index (κ2) is 12.0. The van der Waals surface area contributed by atoms with E-state index in [1.54, 1.807) is 45.0 Å². The van der Waals surface area contributed by atoms with Crippen molar-refractivity contribution in [2.45, 2.75) is 39.8 Å². The van der Waals surface area contributed by atoms with Crippen molar-refractivity contribution in [3.8, 4) is 0 Å². The molecule has 0 aromatic heterocycles. The first-order valence-corrected chi connectivity index (χ1v) is 13.2. The molecule has 1 atom stereocenters. The number of hydrogen-bond acceptors (Lipinski definition) is 6. The van der Waals surface area contributed by atoms with Crippen LogP contribution >= 0.6 is 11.6 Å². The van der Waals surface area contributed by atoms with Gasteiger partial charge in [-0.1, -0.05) is 42.8 Å². The minimum absolute atomic E-state index is 0.0128. The third-order valence-electron chi connectivity index (χ3n) is 5.39. The Morgan fingerprint density at radius 1 is 1.17 bits per heavy atom. The van der Waals surface area contributed by atoms with Crippen molar-refractivity contribution in [3.05, 3.63) is 68.7 Å². The molecule has 2 aromatic carbocycles. The van der Waals surface area contributed by atoms with E-state index >= 15 is 0 Å². The molecule has 0 fully saturated rings. The molecule has 1 N–H and O–H groups in total. The molecule has 2 aromatic rings. The lowest BCUT2D eigenvalue weighted by atomic mass is 10.1. The molecule has 0 saturated carbocycles. The van der Waals surface area contributed by atoms with Gasteiger partial charge in [-0.3, -0.25) is 24.0 Å². The third-order valence-corrected chi connectivity index (χ3v) is 6.88. The Labute approximate surface area is 210 Å². The number of amides is 2. The normalized spacial score (nSPS) is 12.0. The van der Waals surface area contributed by atoms with Gasteiger partial charge in [-0.05, 0) is 37.5 Å². The minimum Gasteiger partial charge on any atom is -0.355 e. The maximum atomic E-state index is 13.6. The highest BCUT2D eigenvalue weighted by Crippen LogP contribution is 2.28. The van der Waals surface area contributed by atoms with Crippen LogP contribution in [-0.4, -0.2) is 55.4 Å². The maximum absolute atomic E-state index is 13.6. The predicted octanol–water partition coefficient (Wildman–Crippen LogP) is 3.27. The number of rotatable bonds is 11. The Balaban J connectivity index is 2.54. The standard InChI is InChI=1S/C23H29ClN4O6S/c1-5-20(23(30)25-6-2)26(14-17-9-7-8-10-19(17)24)22(29)15-27(35(4,33)34)21-13-18(28(31)32)12-11-16(21)3/h7-13,20H,5-6,14-15H2,1-4H3,(H,25,30). The van der Waals surface area contributed by atoms with Crippen molar-refractivity contribution in [3.63, 3.8) is 0 Å². The van der Waals surface area contributed by atoms with E-state index in [1.165, 1.54) is 17.0 Å². The molecule has 10 nitrogen and oxygen atoms in total. The molecule has 0 heterocycles. The van der Waals surface area contributed by atoms with Crippen molar-refractivity contribution in [1.29, 1.82) is 0 Å². The summed E-state index contributed by atoms with van der Waals surface area (Å²) in [6.07, 6.45) is 1.19. The van der Waals surface area contributed by atoms with E-state index in [4.69, 9.17) is 11.6 Å². The highest BCUT2D eigenvalue weighted by molar-refractivity contribution is 7.92. The summed E-state index contributed by atoms with van der Waals surface area (Å²) in [7, 11) is -4.02. The average Bonchev–Trinajstić information content (AvgIpc) is 2.78. The van der Waals surface area contributed by atoms with Gasteiger partial charge in [-0.2, -0.15) is 0 Å². The van der Waals surface area contributed by atoms with Gasteiger partial charge in [0.15, 0.2) is 0 Å². The SMILES string of the molecule is CCNC(=O)C(CC)N(Cc1ccccc1Cl)C(=O)CN(c1cc([N+](=O)[O-])ccc1C)S(C)(=O)=O. The summed E-state index contributed by atoms with van der Waals surface area (Å²) in [5.74, 6) is -1.04. The number of nitrogens with one attached hydrogen (secondary N) is 1. The van der Waals surface area contributed by atoms with Crippen LogP contribution in [0.5, 0.6) is 0 Å². The first kappa shape index (κ1) is 28.1. The second-order valence-corrected chi connectivity index (χ2v) is 10.2. The van der Waals surface area contributed by atoms with Crippen molar-refractivity contribution < 1.29 is 22.9 Å². The molecule has 190 valence electrons. The summed E-state index contributed by atoms with van der Waals surface area (Å²) in [6.45, 7) is 4.76. The van der Waals surface area contributed by atoms with Crippen LogP contribution in [0.1, 0.15) is 31.4 Å². The van der Waals surface area contributed by atoms with E-state index in [0.29, 0.717) is 22.7 Å². The largest absolute Gasteiger partial charge is 0.355 e. The van der Waals surface area contributed by atoms with Crippen LogP contribution < -0.4 is 9.62 Å². The van der Waals surface area contributed by atoms with Gasteiger partial charge >= 0.3 is 0 Å². The lowest BCUT2D eigenvalue weighted by Gasteiger charge is -2.33. The molecule has 35 heavy (non-hydrogen) atoms. The number of nitro groups is 1. The monoisotopic (exact) mass is 524 g/mol. The molecule has 0 spiro atoms. The van der Waals surface area contributed by atoms with Crippen LogP contribution in [0.2, 0.25) is 5.02 Å². The number of hydrogen-bond donors (Lipinski definition) is 1. The number of anilines is 1. The van der Waals surface area contributed by atoms with E-state index in [-0.39, 0.29) is 30.2 Å². The summed E-state index contributed by atoms with van der Waals surface area (Å²) in [6, 6.07) is 9.75. The molecule has 1 unspecified atom stereocenters. The molecule has 0 aliphatic rings. The van der Waals surface area contributed by atoms with Gasteiger partial charge in [0.05, 0.1) is 16.9 Å². The number of likely N-dealkylation sites (N-methyl/N-ethyl adjacent to an activating group) is 1. The zero-order valence-corrected chi connectivity index (χ0v) is 21.6. The minimum atomic E-state index is -4.02. The second-order valence-electron chi connectivity index (χ2n) is 7.93. The van der Waals surface area contributed by atoms with Crippen LogP contribution in [0.4, 0.5) is 11.4 Å². The molecular weight excluding hydrogens is 496 g/mol. The molecule has 0 bridgehead atoms. The molecular formula is C23H29ClN4O6S. The van der Waals surface area contributed by atoms with Crippen LogP contribution in [0, 0.1) is 17.0 Å². The first-order chi connectivity index (χ1) is 16.4. The fourth-order valence-electron chi connectivity index (χ4n) is 3.60. The van der Waals surface area contributed by atoms with E-state index in [1.807, 2.05) is 0 Å². The predicted molar refractivity (Wildman–Crippen MR) is 135 cm³/mol. The number of nitro benzene ring substituents is 1. The Hall–Kier alpha value is -3.18. The van der Waals surface area contributed by atoms with E-state index in [0.717, 1.165) is 16.6 Å². The lowest BCUT2D eigenvalue weighted by Crippen LogP contribution is -2.52. The quantitative estimate of drug-likeness (QED) is 0.354. The topological polar surface area (TPSA) is 130 Å². The Morgan fingerprint density at radius 2 is 1.83 bits per heavy atom. The first-order valence-electron chi connectivity index (χ1n) is 10.9. The number of non-ortho nitro benzene ring substituents is 1. The summed E-state index contributed by atoms with van der Waals surface area (Å²) < 4.78 is 26.2. The Kier molecular flexibility index (Phi) is 9.61. The van der Waals surface area contributed by atoms with Crippen molar-refractivity contribution >= 4 is 44.8 Å². The highest BCUT2D eigenvalue weighted by atomic mass is 35.5. The number of nitrogens with zero attached hydrogens (tertiary/aromatic N) is 3. The number of sulfonamides is 1. The van der Waals surface area contributed by atoms with Gasteiger partial charge in [-0.25, -0.2) is 8.42 Å². The molecule has 2 rings (SSSR count). The van der Waals surface area contributed by atoms with E-state index in [9.17, 15) is 28.1 Å². The molecule has 0 aliphatic carbocycles. The van der Waals surface area contributed by atoms with Gasteiger partial charge in [0, 0.05) is 30.2 Å². The highest BCUT2D eigenvalue weighted by Gasteiger charge is 2.32. The van der Waals surface area contributed by atoms with Crippen LogP contribution in [0.25, 0.3) is 0 Å². The number of carbonyl (C=O) groups excluding carboxylic acids is 2. The van der Waals surface area contributed by atoms with E-state index < -0.39 is 33.4 Å². The number of halogens is 1. The van der Waals surface area contributed by atoms with Crippen LogP contribution in [0.15, 0.2) is 42.5 Å². The van der Waals surface area contributed by atoms with Crippen molar-refractivity contribution in [1.82, 2.24) is 10.2 Å². The van der Waals surface area contributed by atoms with Gasteiger partial charge < -0.3 is 10.2 Å². The van der Waals surface area contributed by atoms with Gasteiger partial charge in [0.25, 0.3) is 5.69 Å². The zero-order valence-electron chi connectivity index (χ0n) is 20.0. The number of aryl methyl sites for hydroxylation is 1. The van der Waals surface area contributed by atoms with Gasteiger partial charge in [0.2, 0.25) is 21.8 Å². The Bertz CT molecular complexity index is 1200. The lowest BCUT2D eigenvalue weighted by molar-refractivity contribution is -0.384. The average molecular weight is 525 g/mol. The molecule has 0 saturated heterocycles. The molecule has 12 heteroatoms. The zero-order chi connectivity index (χ0) is 26.3. The van der Waals surface area contributed by atoms with Gasteiger partial charge in [-0.15, -0.1) is 0 Å². The maximum Gasteiger partial charge on any atom is 0.271 e. The third kappa shape index (κ3) is 7.15. The van der Waals surface area contributed by atoms with Crippen LogP contribution in [0.3, 0.4) is 0 Å². The van der Waals surface area contributed by atoms with Crippen molar-refractivity contribution in [2.75, 3.05) is 23.7 Å². The van der Waals surface area contributed by atoms with Crippen LogP contribution in [-0.2, 0) is 26.2 Å². The summed E-state index contributed by atoms with van der Waals surface area (Å²) in [5, 5.41) is 14.4. The molecule has 2 amide bonds. The fourth-order valence-corrected chi connectivity index (χ4v) is 4.69. The summed E-state index contributed by atoms with van der Waals surface area (Å²) >= 11 is 6.30. The molecule has 0 aliphatic heterocycles. The van der Waals surface area contributed by atoms with E-state index in [2.05, 4.69) is 5.32 Å². The van der Waals surface area contributed by atoms with Crippen molar-refractivity contribution in [2.24, 2.45) is 0 Å². The Morgan fingerprint density at radius 3 is 2.37 bits per heavy atom. The fraction of sp³-hybridized carbons (Fsp3) is 0.391.